The molecule has 0 aliphatic carbocycles. The number of anilines is 3. The lowest BCUT2D eigenvalue weighted by Crippen LogP contribution is -2.25. The van der Waals surface area contributed by atoms with Crippen LogP contribution in [0.2, 0.25) is 0 Å². The minimum Gasteiger partial charge on any atom is -0.323 e. The molecule has 0 fully saturated rings. The topological polar surface area (TPSA) is 63.1 Å². The van der Waals surface area contributed by atoms with Crippen molar-refractivity contribution in [1.82, 2.24) is 14.8 Å². The van der Waals surface area contributed by atoms with E-state index in [4.69, 9.17) is 0 Å². The molecule has 2 heterocycles. The standard InChI is InChI=1S/C18H17N5O/c1-13(24)22-10-9-14-7-8-15(11-17(14)22)20-18-19-12-23(21-18)16-5-3-2-4-6-16/h2-8,11-12H,9-10H2,1H3,(H,20,21). The fourth-order valence-corrected chi connectivity index (χ4v) is 2.94. The lowest BCUT2D eigenvalue weighted by molar-refractivity contribution is -0.116. The Morgan fingerprint density at radius 2 is 2.00 bits per heavy atom. The van der Waals surface area contributed by atoms with Gasteiger partial charge >= 0.3 is 0 Å². The Kier molecular flexibility index (Phi) is 3.49. The van der Waals surface area contributed by atoms with Crippen molar-refractivity contribution in [2.24, 2.45) is 0 Å². The molecule has 0 unspecified atom stereocenters. The first-order valence-electron chi connectivity index (χ1n) is 7.86. The van der Waals surface area contributed by atoms with Crippen LogP contribution in [-0.2, 0) is 11.2 Å². The normalized spacial score (nSPS) is 13.0. The van der Waals surface area contributed by atoms with E-state index in [0.29, 0.717) is 5.95 Å². The molecule has 0 atom stereocenters. The summed E-state index contributed by atoms with van der Waals surface area (Å²) in [6.07, 6.45) is 2.57. The average molecular weight is 319 g/mol. The van der Waals surface area contributed by atoms with Crippen LogP contribution in [0.25, 0.3) is 5.69 Å². The summed E-state index contributed by atoms with van der Waals surface area (Å²) >= 11 is 0. The summed E-state index contributed by atoms with van der Waals surface area (Å²) < 4.78 is 1.72. The number of nitrogens with zero attached hydrogens (tertiary/aromatic N) is 4. The minimum absolute atomic E-state index is 0.0670. The van der Waals surface area contributed by atoms with Gasteiger partial charge in [0, 0.05) is 24.8 Å². The van der Waals surface area contributed by atoms with Gasteiger partial charge in [0.05, 0.1) is 5.69 Å². The number of hydrogen-bond acceptors (Lipinski definition) is 4. The molecule has 2 aromatic carbocycles. The molecule has 1 aliphatic rings. The first-order chi connectivity index (χ1) is 11.7. The molecular weight excluding hydrogens is 302 g/mol. The zero-order valence-electron chi connectivity index (χ0n) is 13.3. The van der Waals surface area contributed by atoms with Crippen molar-refractivity contribution < 1.29 is 4.79 Å². The molecule has 0 bridgehead atoms. The number of nitrogens with one attached hydrogen (secondary N) is 1. The highest BCUT2D eigenvalue weighted by molar-refractivity contribution is 5.94. The molecule has 0 saturated heterocycles. The smallest absolute Gasteiger partial charge is 0.246 e. The van der Waals surface area contributed by atoms with Crippen molar-refractivity contribution in [1.29, 1.82) is 0 Å². The summed E-state index contributed by atoms with van der Waals surface area (Å²) in [6, 6.07) is 15.8. The Labute approximate surface area is 139 Å². The fourth-order valence-electron chi connectivity index (χ4n) is 2.94. The zero-order valence-corrected chi connectivity index (χ0v) is 13.3. The van der Waals surface area contributed by atoms with Crippen LogP contribution in [0.15, 0.2) is 54.9 Å². The van der Waals surface area contributed by atoms with E-state index in [-0.39, 0.29) is 5.91 Å². The van der Waals surface area contributed by atoms with Gasteiger partial charge < -0.3 is 10.2 Å². The maximum Gasteiger partial charge on any atom is 0.246 e. The van der Waals surface area contributed by atoms with E-state index in [1.807, 2.05) is 42.5 Å². The summed E-state index contributed by atoms with van der Waals surface area (Å²) in [4.78, 5) is 17.8. The van der Waals surface area contributed by atoms with Gasteiger partial charge in [-0.1, -0.05) is 24.3 Å². The summed E-state index contributed by atoms with van der Waals surface area (Å²) in [5, 5.41) is 7.64. The van der Waals surface area contributed by atoms with Gasteiger partial charge in [0.2, 0.25) is 11.9 Å². The van der Waals surface area contributed by atoms with Crippen LogP contribution in [-0.4, -0.2) is 27.2 Å². The zero-order chi connectivity index (χ0) is 16.5. The maximum absolute atomic E-state index is 11.7. The van der Waals surface area contributed by atoms with Gasteiger partial charge in [-0.05, 0) is 36.2 Å². The van der Waals surface area contributed by atoms with E-state index < -0.39 is 0 Å². The van der Waals surface area contributed by atoms with Crippen LogP contribution in [0.4, 0.5) is 17.3 Å². The third kappa shape index (κ3) is 2.62. The summed E-state index contributed by atoms with van der Waals surface area (Å²) in [7, 11) is 0. The number of carbonyl (C=O) groups is 1. The molecule has 1 N–H and O–H groups in total. The van der Waals surface area contributed by atoms with E-state index in [1.54, 1.807) is 22.8 Å². The molecule has 6 heteroatoms. The predicted molar refractivity (Wildman–Crippen MR) is 92.8 cm³/mol. The molecule has 0 radical (unpaired) electrons. The minimum atomic E-state index is 0.0670. The molecule has 1 amide bonds. The fraction of sp³-hybridized carbons (Fsp3) is 0.167. The van der Waals surface area contributed by atoms with Crippen molar-refractivity contribution in [2.75, 3.05) is 16.8 Å². The van der Waals surface area contributed by atoms with Crippen LogP contribution in [0.1, 0.15) is 12.5 Å². The molecule has 1 aliphatic heterocycles. The number of para-hydroxylation sites is 1. The van der Waals surface area contributed by atoms with Crippen molar-refractivity contribution >= 4 is 23.2 Å². The van der Waals surface area contributed by atoms with E-state index in [0.717, 1.165) is 30.0 Å². The van der Waals surface area contributed by atoms with Crippen LogP contribution >= 0.6 is 0 Å². The van der Waals surface area contributed by atoms with Gasteiger partial charge in [-0.25, -0.2) is 4.68 Å². The van der Waals surface area contributed by atoms with Crippen molar-refractivity contribution in [3.05, 3.63) is 60.4 Å². The van der Waals surface area contributed by atoms with E-state index >= 15 is 0 Å². The first-order valence-corrected chi connectivity index (χ1v) is 7.86. The molecule has 1 aromatic heterocycles. The lowest BCUT2D eigenvalue weighted by Gasteiger charge is -2.15. The average Bonchev–Trinajstić information content (AvgIpc) is 3.22. The number of benzene rings is 2. The van der Waals surface area contributed by atoms with Crippen LogP contribution in [0, 0.1) is 0 Å². The number of hydrogen-bond donors (Lipinski definition) is 1. The Morgan fingerprint density at radius 3 is 2.79 bits per heavy atom. The van der Waals surface area contributed by atoms with Gasteiger partial charge in [0.15, 0.2) is 0 Å². The molecule has 24 heavy (non-hydrogen) atoms. The molecule has 6 nitrogen and oxygen atoms in total. The summed E-state index contributed by atoms with van der Waals surface area (Å²) in [5.41, 5.74) is 3.98. The third-order valence-corrected chi connectivity index (χ3v) is 4.13. The second kappa shape index (κ2) is 5.81. The quantitative estimate of drug-likeness (QED) is 0.806. The Bertz CT molecular complexity index is 887. The number of carbonyl (C=O) groups excluding carboxylic acids is 1. The first kappa shape index (κ1) is 14.4. The Balaban J connectivity index is 1.58. The van der Waals surface area contributed by atoms with Gasteiger partial charge in [-0.3, -0.25) is 4.79 Å². The molecule has 120 valence electrons. The highest BCUT2D eigenvalue weighted by atomic mass is 16.2. The van der Waals surface area contributed by atoms with Crippen LogP contribution in [0.3, 0.4) is 0 Å². The van der Waals surface area contributed by atoms with E-state index in [1.165, 1.54) is 5.56 Å². The van der Waals surface area contributed by atoms with Crippen molar-refractivity contribution in [2.45, 2.75) is 13.3 Å². The third-order valence-electron chi connectivity index (χ3n) is 4.13. The maximum atomic E-state index is 11.7. The second-order valence-corrected chi connectivity index (χ2v) is 5.74. The number of aromatic nitrogens is 3. The summed E-state index contributed by atoms with van der Waals surface area (Å²) in [5.74, 6) is 0.587. The van der Waals surface area contributed by atoms with Gasteiger partial charge in [0.25, 0.3) is 0 Å². The van der Waals surface area contributed by atoms with Gasteiger partial charge in [-0.15, -0.1) is 5.10 Å². The Hall–Kier alpha value is -3.15. The van der Waals surface area contributed by atoms with E-state index in [2.05, 4.69) is 21.5 Å². The molecule has 0 spiro atoms. The SMILES string of the molecule is CC(=O)N1CCc2ccc(Nc3ncn(-c4ccccc4)n3)cc21. The van der Waals surface area contributed by atoms with Crippen LogP contribution < -0.4 is 10.2 Å². The highest BCUT2D eigenvalue weighted by Crippen LogP contribution is 2.31. The predicted octanol–water partition coefficient (Wildman–Crippen LogP) is 2.92. The van der Waals surface area contributed by atoms with Crippen molar-refractivity contribution in [3.63, 3.8) is 0 Å². The molecule has 0 saturated carbocycles. The molecule has 4 rings (SSSR count). The molecule has 3 aromatic rings. The monoisotopic (exact) mass is 319 g/mol. The number of rotatable bonds is 3. The second-order valence-electron chi connectivity index (χ2n) is 5.74. The Morgan fingerprint density at radius 1 is 1.17 bits per heavy atom. The van der Waals surface area contributed by atoms with Crippen LogP contribution in [0.5, 0.6) is 0 Å². The van der Waals surface area contributed by atoms with E-state index in [9.17, 15) is 4.79 Å². The summed E-state index contributed by atoms with van der Waals surface area (Å²) in [6.45, 7) is 2.34. The number of amides is 1. The van der Waals surface area contributed by atoms with Crippen molar-refractivity contribution in [3.8, 4) is 5.69 Å². The number of fused-ring (bicyclic) bond motifs is 1. The largest absolute Gasteiger partial charge is 0.323 e. The molecular formula is C18H17N5O. The van der Waals surface area contributed by atoms with Gasteiger partial charge in [0.1, 0.15) is 6.33 Å². The highest BCUT2D eigenvalue weighted by Gasteiger charge is 2.22. The van der Waals surface area contributed by atoms with Gasteiger partial charge in [-0.2, -0.15) is 4.98 Å². The lowest BCUT2D eigenvalue weighted by atomic mass is 10.1.